The highest BCUT2D eigenvalue weighted by Gasteiger charge is 2.17. The number of likely N-dealkylation sites (N-methyl/N-ethyl adjacent to an activating group) is 1. The van der Waals surface area contributed by atoms with Crippen molar-refractivity contribution in [3.8, 4) is 16.9 Å². The standard InChI is InChI=1S/C25H28N6O2/c1-16(32)13-31-15-21(12-27-31)17-4-5-19-11-26-25(28-22(19)8-17)29-23-9-20-14-30(2)7-6-18(20)10-24(23)33-3/h4-5,8-12,15-16,32H,6-7,13-14H2,1-3H3,(H,26,28,29)/t16-/m1/s1. The number of ether oxygens (including phenoxy) is 1. The zero-order valence-corrected chi connectivity index (χ0v) is 19.1. The van der Waals surface area contributed by atoms with Gasteiger partial charge in [0.2, 0.25) is 5.95 Å². The zero-order chi connectivity index (χ0) is 22.9. The summed E-state index contributed by atoms with van der Waals surface area (Å²) in [7, 11) is 3.82. The van der Waals surface area contributed by atoms with Gasteiger partial charge in [-0.1, -0.05) is 12.1 Å². The van der Waals surface area contributed by atoms with E-state index in [1.165, 1.54) is 11.1 Å². The van der Waals surface area contributed by atoms with Crippen molar-refractivity contribution in [3.05, 3.63) is 60.0 Å². The molecule has 8 heteroatoms. The normalized spacial score (nSPS) is 14.8. The van der Waals surface area contributed by atoms with Crippen LogP contribution in [0.2, 0.25) is 0 Å². The number of aromatic nitrogens is 4. The Bertz CT molecular complexity index is 1300. The number of hydrogen-bond acceptors (Lipinski definition) is 7. The van der Waals surface area contributed by atoms with Crippen molar-refractivity contribution in [2.75, 3.05) is 26.0 Å². The molecule has 0 amide bonds. The maximum absolute atomic E-state index is 9.60. The minimum Gasteiger partial charge on any atom is -0.495 e. The molecule has 8 nitrogen and oxygen atoms in total. The van der Waals surface area contributed by atoms with E-state index in [9.17, 15) is 5.11 Å². The van der Waals surface area contributed by atoms with Gasteiger partial charge in [0.1, 0.15) is 5.75 Å². The maximum Gasteiger partial charge on any atom is 0.227 e. The number of benzene rings is 2. The van der Waals surface area contributed by atoms with Gasteiger partial charge in [-0.25, -0.2) is 9.97 Å². The largest absolute Gasteiger partial charge is 0.495 e. The molecule has 0 bridgehead atoms. The number of rotatable bonds is 6. The Balaban J connectivity index is 1.45. The zero-order valence-electron chi connectivity index (χ0n) is 19.1. The molecule has 0 spiro atoms. The fourth-order valence-corrected chi connectivity index (χ4v) is 4.26. The number of anilines is 2. The first-order chi connectivity index (χ1) is 16.0. The summed E-state index contributed by atoms with van der Waals surface area (Å²) >= 11 is 0. The Morgan fingerprint density at radius 1 is 1.15 bits per heavy atom. The molecular weight excluding hydrogens is 416 g/mol. The van der Waals surface area contributed by atoms with Crippen LogP contribution in [0.4, 0.5) is 11.6 Å². The predicted molar refractivity (Wildman–Crippen MR) is 129 cm³/mol. The number of aliphatic hydroxyl groups excluding tert-OH is 1. The Kier molecular flexibility index (Phi) is 5.70. The van der Waals surface area contributed by atoms with Crippen LogP contribution in [-0.2, 0) is 19.5 Å². The molecule has 2 aromatic heterocycles. The van der Waals surface area contributed by atoms with Crippen molar-refractivity contribution in [3.63, 3.8) is 0 Å². The van der Waals surface area contributed by atoms with Crippen LogP contribution >= 0.6 is 0 Å². The topological polar surface area (TPSA) is 88.3 Å². The van der Waals surface area contributed by atoms with Gasteiger partial charge in [-0.2, -0.15) is 5.10 Å². The van der Waals surface area contributed by atoms with Crippen LogP contribution in [0.25, 0.3) is 22.0 Å². The minimum atomic E-state index is -0.447. The molecule has 2 N–H and O–H groups in total. The number of aliphatic hydroxyl groups is 1. The van der Waals surface area contributed by atoms with E-state index in [4.69, 9.17) is 9.72 Å². The first-order valence-electron chi connectivity index (χ1n) is 11.1. The van der Waals surface area contributed by atoms with E-state index in [1.54, 1.807) is 24.9 Å². The second-order valence-corrected chi connectivity index (χ2v) is 8.70. The van der Waals surface area contributed by atoms with Gasteiger partial charge in [0.05, 0.1) is 37.2 Å². The average Bonchev–Trinajstić information content (AvgIpc) is 3.26. The molecule has 1 atom stereocenters. The number of methoxy groups -OCH3 is 1. The lowest BCUT2D eigenvalue weighted by Gasteiger charge is -2.26. The maximum atomic E-state index is 9.60. The van der Waals surface area contributed by atoms with Crippen LogP contribution in [0.3, 0.4) is 0 Å². The molecule has 2 aromatic carbocycles. The fraction of sp³-hybridized carbons (Fsp3) is 0.320. The molecule has 0 unspecified atom stereocenters. The van der Waals surface area contributed by atoms with Gasteiger partial charge < -0.3 is 20.1 Å². The molecule has 1 aliphatic heterocycles. The highest BCUT2D eigenvalue weighted by molar-refractivity contribution is 5.84. The summed E-state index contributed by atoms with van der Waals surface area (Å²) in [5, 5.41) is 18.3. The summed E-state index contributed by atoms with van der Waals surface area (Å²) in [4.78, 5) is 11.6. The summed E-state index contributed by atoms with van der Waals surface area (Å²) in [5.41, 5.74) is 6.32. The highest BCUT2D eigenvalue weighted by Crippen LogP contribution is 2.33. The average molecular weight is 445 g/mol. The van der Waals surface area contributed by atoms with Gasteiger partial charge in [0.25, 0.3) is 0 Å². The SMILES string of the molecule is COc1cc2c(cc1Nc1ncc3ccc(-c4cnn(C[C@@H](C)O)c4)cc3n1)CN(C)CC2. The molecule has 5 rings (SSSR count). The van der Waals surface area contributed by atoms with E-state index in [2.05, 4.69) is 39.5 Å². The van der Waals surface area contributed by atoms with Gasteiger partial charge in [0.15, 0.2) is 0 Å². The van der Waals surface area contributed by atoms with Crippen molar-refractivity contribution in [1.29, 1.82) is 0 Å². The van der Waals surface area contributed by atoms with Crippen molar-refractivity contribution >= 4 is 22.5 Å². The molecule has 0 radical (unpaired) electrons. The van der Waals surface area contributed by atoms with Gasteiger partial charge in [0, 0.05) is 36.4 Å². The van der Waals surface area contributed by atoms with E-state index in [1.807, 2.05) is 30.6 Å². The summed E-state index contributed by atoms with van der Waals surface area (Å²) in [6.07, 6.45) is 6.13. The lowest BCUT2D eigenvalue weighted by Crippen LogP contribution is -2.26. The van der Waals surface area contributed by atoms with Crippen LogP contribution in [0, 0.1) is 0 Å². The predicted octanol–water partition coefficient (Wildman–Crippen LogP) is 3.61. The molecule has 4 aromatic rings. The summed E-state index contributed by atoms with van der Waals surface area (Å²) in [6.45, 7) is 4.18. The third-order valence-electron chi connectivity index (χ3n) is 5.97. The van der Waals surface area contributed by atoms with Crippen LogP contribution in [0.5, 0.6) is 5.75 Å². The van der Waals surface area contributed by atoms with Crippen LogP contribution < -0.4 is 10.1 Å². The third-order valence-corrected chi connectivity index (χ3v) is 5.97. The number of hydrogen-bond donors (Lipinski definition) is 2. The second kappa shape index (κ2) is 8.80. The molecule has 1 aliphatic rings. The fourth-order valence-electron chi connectivity index (χ4n) is 4.26. The molecular formula is C25H28N6O2. The molecule has 3 heterocycles. The summed E-state index contributed by atoms with van der Waals surface area (Å²) in [6, 6.07) is 10.3. The van der Waals surface area contributed by atoms with Gasteiger partial charge in [-0.05, 0) is 55.3 Å². The molecule has 0 saturated heterocycles. The number of nitrogens with zero attached hydrogens (tertiary/aromatic N) is 5. The quantitative estimate of drug-likeness (QED) is 0.470. The molecule has 0 fully saturated rings. The Morgan fingerprint density at radius 2 is 2.03 bits per heavy atom. The van der Waals surface area contributed by atoms with Crippen LogP contribution in [0.1, 0.15) is 18.1 Å². The molecule has 33 heavy (non-hydrogen) atoms. The minimum absolute atomic E-state index is 0.447. The summed E-state index contributed by atoms with van der Waals surface area (Å²) in [5.74, 6) is 1.31. The lowest BCUT2D eigenvalue weighted by molar-refractivity contribution is 0.168. The first-order valence-corrected chi connectivity index (χ1v) is 11.1. The van der Waals surface area contributed by atoms with Gasteiger partial charge in [-0.15, -0.1) is 0 Å². The van der Waals surface area contributed by atoms with E-state index in [0.29, 0.717) is 12.5 Å². The van der Waals surface area contributed by atoms with E-state index >= 15 is 0 Å². The number of nitrogens with one attached hydrogen (secondary N) is 1. The Morgan fingerprint density at radius 3 is 2.85 bits per heavy atom. The van der Waals surface area contributed by atoms with Gasteiger partial charge in [-0.3, -0.25) is 4.68 Å². The van der Waals surface area contributed by atoms with Crippen LogP contribution in [0.15, 0.2) is 48.9 Å². The van der Waals surface area contributed by atoms with E-state index in [0.717, 1.165) is 53.0 Å². The van der Waals surface area contributed by atoms with E-state index < -0.39 is 6.10 Å². The third kappa shape index (κ3) is 4.53. The smallest absolute Gasteiger partial charge is 0.227 e. The molecule has 0 aliphatic carbocycles. The number of fused-ring (bicyclic) bond motifs is 2. The van der Waals surface area contributed by atoms with Crippen molar-refractivity contribution < 1.29 is 9.84 Å². The van der Waals surface area contributed by atoms with Crippen LogP contribution in [-0.4, -0.2) is 56.6 Å². The highest BCUT2D eigenvalue weighted by atomic mass is 16.5. The van der Waals surface area contributed by atoms with Crippen molar-refractivity contribution in [1.82, 2.24) is 24.6 Å². The van der Waals surface area contributed by atoms with Crippen molar-refractivity contribution in [2.24, 2.45) is 0 Å². The second-order valence-electron chi connectivity index (χ2n) is 8.70. The summed E-state index contributed by atoms with van der Waals surface area (Å²) < 4.78 is 7.39. The van der Waals surface area contributed by atoms with Crippen molar-refractivity contribution in [2.45, 2.75) is 32.5 Å². The lowest BCUT2D eigenvalue weighted by atomic mass is 9.99. The monoisotopic (exact) mass is 444 g/mol. The molecule has 0 saturated carbocycles. The Labute approximate surface area is 192 Å². The van der Waals surface area contributed by atoms with Gasteiger partial charge >= 0.3 is 0 Å². The first kappa shape index (κ1) is 21.4. The molecule has 170 valence electrons. The van der Waals surface area contributed by atoms with E-state index in [-0.39, 0.29) is 0 Å². The Hall–Kier alpha value is -3.49.